The van der Waals surface area contributed by atoms with Crippen molar-refractivity contribution in [2.24, 2.45) is 40.4 Å². The average Bonchev–Trinajstić information content (AvgIpc) is 3.48. The topological polar surface area (TPSA) is 102 Å². The molecule has 4 aliphatic carbocycles. The molecule has 0 amide bonds. The SMILES string of the molecule is CC(=O)OC[C@]12CC[C@H]3[C@@H](C[C@H]4O[C@]45[C@@H](O)C=CC(=O)[C@]35C)[C@@H]1CC[C@@H]2[C@H](C)[C@H]1CC(C)=C(C)C(=O)O1. The molecule has 0 aromatic heterocycles. The second-order valence-corrected chi connectivity index (χ2v) is 13.0. The van der Waals surface area contributed by atoms with Gasteiger partial charge in [0.2, 0.25) is 0 Å². The van der Waals surface area contributed by atoms with Gasteiger partial charge >= 0.3 is 11.9 Å². The molecule has 202 valence electrons. The second-order valence-electron chi connectivity index (χ2n) is 13.0. The highest BCUT2D eigenvalue weighted by atomic mass is 16.6. The van der Waals surface area contributed by atoms with E-state index in [1.807, 2.05) is 20.8 Å². The van der Waals surface area contributed by atoms with E-state index in [1.165, 1.54) is 6.92 Å². The van der Waals surface area contributed by atoms with E-state index in [0.29, 0.717) is 12.2 Å². The Morgan fingerprint density at radius 3 is 2.68 bits per heavy atom. The van der Waals surface area contributed by atoms with Gasteiger partial charge in [0.15, 0.2) is 5.78 Å². The maximum absolute atomic E-state index is 13.4. The fourth-order valence-corrected chi connectivity index (χ4v) is 9.80. The number of hydrogen-bond donors (Lipinski definition) is 1. The van der Waals surface area contributed by atoms with Crippen LogP contribution in [0.25, 0.3) is 0 Å². The van der Waals surface area contributed by atoms with Crippen LogP contribution >= 0.6 is 0 Å². The number of cyclic esters (lactones) is 1. The number of rotatable bonds is 4. The van der Waals surface area contributed by atoms with Gasteiger partial charge in [-0.2, -0.15) is 0 Å². The Morgan fingerprint density at radius 2 is 1.97 bits per heavy atom. The first-order chi connectivity index (χ1) is 17.5. The minimum Gasteiger partial charge on any atom is -0.465 e. The molecule has 7 heteroatoms. The molecule has 6 aliphatic rings. The molecule has 11 atom stereocenters. The Hall–Kier alpha value is -1.99. The summed E-state index contributed by atoms with van der Waals surface area (Å²) < 4.78 is 18.0. The summed E-state index contributed by atoms with van der Waals surface area (Å²) in [6.45, 7) is 9.89. The third-order valence-corrected chi connectivity index (χ3v) is 11.9. The molecule has 2 heterocycles. The molecular weight excluding hydrogens is 472 g/mol. The lowest BCUT2D eigenvalue weighted by Gasteiger charge is -2.58. The van der Waals surface area contributed by atoms with Gasteiger partial charge in [0, 0.05) is 24.3 Å². The Balaban J connectivity index is 1.34. The van der Waals surface area contributed by atoms with Crippen LogP contribution in [0.2, 0.25) is 0 Å². The predicted octanol–water partition coefficient (Wildman–Crippen LogP) is 3.92. The number of esters is 2. The summed E-state index contributed by atoms with van der Waals surface area (Å²) in [5, 5.41) is 10.9. The van der Waals surface area contributed by atoms with E-state index >= 15 is 0 Å². The number of aliphatic hydroxyl groups is 1. The molecule has 6 rings (SSSR count). The van der Waals surface area contributed by atoms with E-state index < -0.39 is 17.1 Å². The van der Waals surface area contributed by atoms with Crippen LogP contribution in [-0.2, 0) is 28.6 Å². The lowest BCUT2D eigenvalue weighted by Crippen LogP contribution is -2.64. The van der Waals surface area contributed by atoms with Gasteiger partial charge in [-0.1, -0.05) is 12.5 Å². The number of hydrogen-bond acceptors (Lipinski definition) is 7. The van der Waals surface area contributed by atoms with Gasteiger partial charge in [0.25, 0.3) is 0 Å². The zero-order valence-electron chi connectivity index (χ0n) is 22.6. The fourth-order valence-electron chi connectivity index (χ4n) is 9.80. The molecule has 0 unspecified atom stereocenters. The molecule has 0 bridgehead atoms. The van der Waals surface area contributed by atoms with Crippen molar-refractivity contribution in [2.75, 3.05) is 6.61 Å². The lowest BCUT2D eigenvalue weighted by atomic mass is 9.44. The number of ketones is 1. The zero-order chi connectivity index (χ0) is 26.5. The second kappa shape index (κ2) is 8.25. The van der Waals surface area contributed by atoms with Crippen molar-refractivity contribution in [2.45, 2.75) is 97.1 Å². The summed E-state index contributed by atoms with van der Waals surface area (Å²) in [7, 11) is 0. The number of aliphatic hydroxyl groups excluding tert-OH is 1. The average molecular weight is 513 g/mol. The molecule has 4 fully saturated rings. The molecule has 2 aliphatic heterocycles. The predicted molar refractivity (Wildman–Crippen MR) is 134 cm³/mol. The summed E-state index contributed by atoms with van der Waals surface area (Å²) in [5.41, 5.74) is 0.0360. The van der Waals surface area contributed by atoms with Crippen LogP contribution in [0.4, 0.5) is 0 Å². The first-order valence-corrected chi connectivity index (χ1v) is 14.1. The first-order valence-electron chi connectivity index (χ1n) is 14.1. The van der Waals surface area contributed by atoms with E-state index in [4.69, 9.17) is 14.2 Å². The van der Waals surface area contributed by atoms with E-state index in [9.17, 15) is 19.5 Å². The van der Waals surface area contributed by atoms with Crippen molar-refractivity contribution in [1.29, 1.82) is 0 Å². The first kappa shape index (κ1) is 25.3. The minimum absolute atomic E-state index is 0.0668. The van der Waals surface area contributed by atoms with Crippen molar-refractivity contribution in [3.63, 3.8) is 0 Å². The quantitative estimate of drug-likeness (QED) is 0.450. The largest absolute Gasteiger partial charge is 0.465 e. The molecule has 0 aromatic rings. The fraction of sp³-hybridized carbons (Fsp3) is 0.767. The van der Waals surface area contributed by atoms with Gasteiger partial charge in [0.1, 0.15) is 17.8 Å². The van der Waals surface area contributed by atoms with Crippen LogP contribution in [0.15, 0.2) is 23.3 Å². The third kappa shape index (κ3) is 3.22. The molecule has 0 aromatic carbocycles. The zero-order valence-corrected chi connectivity index (χ0v) is 22.6. The van der Waals surface area contributed by atoms with Gasteiger partial charge < -0.3 is 19.3 Å². The summed E-state index contributed by atoms with van der Waals surface area (Å²) in [4.78, 5) is 38.0. The number of allylic oxidation sites excluding steroid dienone is 1. The highest BCUT2D eigenvalue weighted by Gasteiger charge is 2.80. The van der Waals surface area contributed by atoms with E-state index in [1.54, 1.807) is 12.2 Å². The van der Waals surface area contributed by atoms with Gasteiger partial charge in [-0.25, -0.2) is 4.79 Å². The van der Waals surface area contributed by atoms with E-state index in [2.05, 4.69) is 6.92 Å². The van der Waals surface area contributed by atoms with Crippen molar-refractivity contribution in [1.82, 2.24) is 0 Å². The van der Waals surface area contributed by atoms with Crippen LogP contribution in [0.1, 0.15) is 73.1 Å². The number of epoxide rings is 1. The molecule has 1 saturated heterocycles. The number of fused-ring (bicyclic) bond motifs is 4. The van der Waals surface area contributed by atoms with Gasteiger partial charge in [-0.3, -0.25) is 9.59 Å². The van der Waals surface area contributed by atoms with Crippen LogP contribution in [-0.4, -0.2) is 53.3 Å². The molecule has 37 heavy (non-hydrogen) atoms. The number of carbonyl (C=O) groups is 3. The highest BCUT2D eigenvalue weighted by molar-refractivity contribution is 5.98. The van der Waals surface area contributed by atoms with Gasteiger partial charge in [-0.05, 0) is 94.6 Å². The van der Waals surface area contributed by atoms with Crippen LogP contribution in [0.3, 0.4) is 0 Å². The molecule has 1 spiro atoms. The maximum atomic E-state index is 13.4. The highest BCUT2D eigenvalue weighted by Crippen LogP contribution is 2.73. The number of ether oxygens (including phenoxy) is 3. The Morgan fingerprint density at radius 1 is 1.22 bits per heavy atom. The van der Waals surface area contributed by atoms with E-state index in [0.717, 1.165) is 44.1 Å². The third-order valence-electron chi connectivity index (χ3n) is 11.9. The van der Waals surface area contributed by atoms with Crippen molar-refractivity contribution < 1.29 is 33.7 Å². The molecular formula is C30H40O7. The normalized spacial score (nSPS) is 48.9. The van der Waals surface area contributed by atoms with Crippen LogP contribution in [0, 0.1) is 40.4 Å². The van der Waals surface area contributed by atoms with Crippen LogP contribution < -0.4 is 0 Å². The monoisotopic (exact) mass is 512 g/mol. The molecule has 3 saturated carbocycles. The summed E-state index contributed by atoms with van der Waals surface area (Å²) in [6.07, 6.45) is 7.32. The molecule has 0 radical (unpaired) electrons. The smallest absolute Gasteiger partial charge is 0.333 e. The Kier molecular flexibility index (Phi) is 5.64. The Bertz CT molecular complexity index is 1110. The minimum atomic E-state index is -0.792. The van der Waals surface area contributed by atoms with Crippen molar-refractivity contribution in [3.8, 4) is 0 Å². The maximum Gasteiger partial charge on any atom is 0.333 e. The summed E-state index contributed by atoms with van der Waals surface area (Å²) >= 11 is 0. The summed E-state index contributed by atoms with van der Waals surface area (Å²) in [5.74, 6) is 0.591. The van der Waals surface area contributed by atoms with Gasteiger partial charge in [-0.15, -0.1) is 0 Å². The van der Waals surface area contributed by atoms with Gasteiger partial charge in [0.05, 0.1) is 18.1 Å². The number of carbonyl (C=O) groups excluding carboxylic acids is 3. The standard InChI is InChI=1S/C30H40O7/c1-15-12-23(36-27(34)16(15)2)17(3)20-6-7-22-19-13-26-30(37-26)25(33)9-8-24(32)28(30,5)21(19)10-11-29(20,22)14-35-18(4)31/h8-9,17,19-23,25-26,33H,6-7,10-14H2,1-5H3/t17-,19+,20+,21-,22-,23+,25-,26+,28-,29-,30+/m0/s1. The molecule has 7 nitrogen and oxygen atoms in total. The van der Waals surface area contributed by atoms with Crippen molar-refractivity contribution >= 4 is 17.7 Å². The Labute approximate surface area is 219 Å². The lowest BCUT2D eigenvalue weighted by molar-refractivity contribution is -0.167. The van der Waals surface area contributed by atoms with E-state index in [-0.39, 0.29) is 64.9 Å². The van der Waals surface area contributed by atoms with Crippen molar-refractivity contribution in [3.05, 3.63) is 23.3 Å². The summed E-state index contributed by atoms with van der Waals surface area (Å²) in [6, 6.07) is 0. The van der Waals surface area contributed by atoms with Crippen LogP contribution in [0.5, 0.6) is 0 Å². The molecule has 1 N–H and O–H groups in total.